The number of carbonyl (C=O) groups is 1. The van der Waals surface area contributed by atoms with Gasteiger partial charge in [0.1, 0.15) is 0 Å². The number of hydrogen-bond acceptors (Lipinski definition) is 2. The van der Waals surface area contributed by atoms with E-state index >= 15 is 0 Å². The number of allylic oxidation sites excluding steroid dienone is 3. The zero-order valence-electron chi connectivity index (χ0n) is 11.5. The van der Waals surface area contributed by atoms with Crippen molar-refractivity contribution in [3.63, 3.8) is 0 Å². The van der Waals surface area contributed by atoms with Gasteiger partial charge in [0.25, 0.3) is 0 Å². The van der Waals surface area contributed by atoms with Crippen LogP contribution in [0.5, 0.6) is 0 Å². The molecule has 2 nitrogen and oxygen atoms in total. The normalized spacial score (nSPS) is 39.6. The van der Waals surface area contributed by atoms with Gasteiger partial charge >= 0.3 is 0 Å². The van der Waals surface area contributed by atoms with Crippen molar-refractivity contribution in [1.29, 1.82) is 5.26 Å². The van der Waals surface area contributed by atoms with Crippen molar-refractivity contribution in [3.8, 4) is 6.07 Å². The lowest BCUT2D eigenvalue weighted by molar-refractivity contribution is -0.116. The fraction of sp³-hybridized carbons (Fsp3) is 0.625. The Hall–Kier alpha value is -1.36. The molecule has 0 radical (unpaired) electrons. The van der Waals surface area contributed by atoms with Gasteiger partial charge in [0.2, 0.25) is 0 Å². The van der Waals surface area contributed by atoms with Gasteiger partial charge in [-0.3, -0.25) is 4.79 Å². The fourth-order valence-electron chi connectivity index (χ4n) is 3.66. The third kappa shape index (κ3) is 1.73. The van der Waals surface area contributed by atoms with E-state index in [4.69, 9.17) is 0 Å². The van der Waals surface area contributed by atoms with E-state index in [0.717, 1.165) is 17.6 Å². The lowest BCUT2D eigenvalue weighted by Gasteiger charge is -2.48. The summed E-state index contributed by atoms with van der Waals surface area (Å²) in [7, 11) is 0. The van der Waals surface area contributed by atoms with Gasteiger partial charge in [0, 0.05) is 12.3 Å². The molecule has 2 rings (SSSR count). The Balaban J connectivity index is 2.57. The summed E-state index contributed by atoms with van der Waals surface area (Å²) < 4.78 is 0. The minimum atomic E-state index is -0.467. The highest BCUT2D eigenvalue weighted by Gasteiger charge is 2.51. The van der Waals surface area contributed by atoms with E-state index in [1.54, 1.807) is 6.08 Å². The molecule has 0 bridgehead atoms. The van der Waals surface area contributed by atoms with E-state index in [2.05, 4.69) is 26.5 Å². The molecule has 1 fully saturated rings. The summed E-state index contributed by atoms with van der Waals surface area (Å²) in [6.45, 7) is 10.5. The number of fused-ring (bicyclic) bond motifs is 1. The molecule has 4 atom stereocenters. The highest BCUT2D eigenvalue weighted by Crippen LogP contribution is 2.55. The number of carbonyl (C=O) groups excluding carboxylic acids is 1. The van der Waals surface area contributed by atoms with Gasteiger partial charge in [-0.25, -0.2) is 0 Å². The zero-order chi connectivity index (χ0) is 13.5. The summed E-state index contributed by atoms with van der Waals surface area (Å²) in [6, 6.07) is 2.54. The molecule has 0 aliphatic heterocycles. The second kappa shape index (κ2) is 4.39. The topological polar surface area (TPSA) is 40.9 Å². The summed E-state index contributed by atoms with van der Waals surface area (Å²) in [6.07, 6.45) is 3.93. The summed E-state index contributed by atoms with van der Waals surface area (Å²) >= 11 is 0. The molecule has 1 saturated carbocycles. The minimum Gasteiger partial charge on any atom is -0.295 e. The van der Waals surface area contributed by atoms with Crippen LogP contribution >= 0.6 is 0 Å². The Labute approximate surface area is 109 Å². The van der Waals surface area contributed by atoms with Gasteiger partial charge < -0.3 is 0 Å². The molecule has 18 heavy (non-hydrogen) atoms. The molecule has 0 spiro atoms. The van der Waals surface area contributed by atoms with Crippen LogP contribution in [0.1, 0.15) is 40.0 Å². The van der Waals surface area contributed by atoms with Gasteiger partial charge in [0.15, 0.2) is 5.78 Å². The Bertz CT molecular complexity index is 468. The maximum atomic E-state index is 11.7. The Kier molecular flexibility index (Phi) is 3.19. The smallest absolute Gasteiger partial charge is 0.155 e. The predicted molar refractivity (Wildman–Crippen MR) is 71.6 cm³/mol. The standard InChI is InChI=1S/C16H21NO/c1-10(2)14-7-11(3)12(4)15-8-13(18)5-6-16(14,15)9-17/h8,11-12,14H,1,5-7H2,2-4H3/t11-,12+,14+,16-/m1/s1. The van der Waals surface area contributed by atoms with Crippen molar-refractivity contribution in [2.75, 3.05) is 0 Å². The number of nitriles is 1. The molecule has 0 heterocycles. The average Bonchev–Trinajstić information content (AvgIpc) is 2.34. The van der Waals surface area contributed by atoms with E-state index in [9.17, 15) is 10.1 Å². The average molecular weight is 243 g/mol. The predicted octanol–water partition coefficient (Wildman–Crippen LogP) is 3.65. The highest BCUT2D eigenvalue weighted by atomic mass is 16.1. The highest BCUT2D eigenvalue weighted by molar-refractivity contribution is 5.92. The largest absolute Gasteiger partial charge is 0.295 e. The van der Waals surface area contributed by atoms with Crippen LogP contribution in [0.25, 0.3) is 0 Å². The molecule has 0 aromatic carbocycles. The monoisotopic (exact) mass is 243 g/mol. The summed E-state index contributed by atoms with van der Waals surface area (Å²) in [5.74, 6) is 1.21. The van der Waals surface area contributed by atoms with Gasteiger partial charge in [-0.05, 0) is 43.3 Å². The molecule has 0 aromatic rings. The van der Waals surface area contributed by atoms with Crippen LogP contribution in [-0.2, 0) is 4.79 Å². The van der Waals surface area contributed by atoms with E-state index < -0.39 is 5.41 Å². The van der Waals surface area contributed by atoms with E-state index in [-0.39, 0.29) is 11.7 Å². The SMILES string of the molecule is C=C(C)[C@@H]1C[C@@H](C)[C@H](C)C2=CC(=O)CC[C@]21C#N. The third-order valence-electron chi connectivity index (χ3n) is 4.94. The third-order valence-corrected chi connectivity index (χ3v) is 4.94. The molecule has 0 amide bonds. The van der Waals surface area contributed by atoms with Crippen molar-refractivity contribution in [3.05, 3.63) is 23.8 Å². The molecule has 0 aromatic heterocycles. The molecular formula is C16H21NO. The molecule has 96 valence electrons. The van der Waals surface area contributed by atoms with Crippen molar-refractivity contribution < 1.29 is 4.79 Å². The van der Waals surface area contributed by atoms with E-state index in [1.807, 2.05) is 6.92 Å². The van der Waals surface area contributed by atoms with Crippen molar-refractivity contribution >= 4 is 5.78 Å². The Morgan fingerprint density at radius 1 is 1.56 bits per heavy atom. The van der Waals surface area contributed by atoms with Gasteiger partial charge in [0.05, 0.1) is 11.5 Å². The molecule has 2 heteroatoms. The second-order valence-electron chi connectivity index (χ2n) is 6.05. The maximum absolute atomic E-state index is 11.7. The van der Waals surface area contributed by atoms with Crippen LogP contribution in [-0.4, -0.2) is 5.78 Å². The summed E-state index contributed by atoms with van der Waals surface area (Å²) in [4.78, 5) is 11.7. The van der Waals surface area contributed by atoms with Crippen LogP contribution in [0.3, 0.4) is 0 Å². The molecule has 0 N–H and O–H groups in total. The summed E-state index contributed by atoms with van der Waals surface area (Å²) in [5.41, 5.74) is 1.68. The Morgan fingerprint density at radius 3 is 2.78 bits per heavy atom. The van der Waals surface area contributed by atoms with Crippen LogP contribution in [0.2, 0.25) is 0 Å². The lowest BCUT2D eigenvalue weighted by Crippen LogP contribution is -2.44. The first-order valence-corrected chi connectivity index (χ1v) is 6.74. The van der Waals surface area contributed by atoms with Gasteiger partial charge in [-0.2, -0.15) is 5.26 Å². The molecule has 0 unspecified atom stereocenters. The van der Waals surface area contributed by atoms with Crippen molar-refractivity contribution in [2.45, 2.75) is 40.0 Å². The maximum Gasteiger partial charge on any atom is 0.155 e. The van der Waals surface area contributed by atoms with Crippen LogP contribution in [0, 0.1) is 34.5 Å². The quantitative estimate of drug-likeness (QED) is 0.659. The van der Waals surface area contributed by atoms with Gasteiger partial charge in [-0.1, -0.05) is 26.0 Å². The molecule has 2 aliphatic carbocycles. The molecule has 0 saturated heterocycles. The van der Waals surface area contributed by atoms with Crippen LogP contribution in [0.4, 0.5) is 0 Å². The Morgan fingerprint density at radius 2 is 2.22 bits per heavy atom. The van der Waals surface area contributed by atoms with E-state index in [1.165, 1.54) is 0 Å². The lowest BCUT2D eigenvalue weighted by atomic mass is 9.53. The fourth-order valence-corrected chi connectivity index (χ4v) is 3.66. The van der Waals surface area contributed by atoms with Crippen LogP contribution in [0.15, 0.2) is 23.8 Å². The number of ketones is 1. The van der Waals surface area contributed by atoms with E-state index in [0.29, 0.717) is 24.7 Å². The zero-order valence-corrected chi connectivity index (χ0v) is 11.5. The summed E-state index contributed by atoms with van der Waals surface area (Å²) in [5, 5.41) is 9.74. The first-order valence-electron chi connectivity index (χ1n) is 6.74. The minimum absolute atomic E-state index is 0.178. The molecular weight excluding hydrogens is 222 g/mol. The van der Waals surface area contributed by atoms with Crippen molar-refractivity contribution in [1.82, 2.24) is 0 Å². The number of nitrogens with zero attached hydrogens (tertiary/aromatic N) is 1. The number of rotatable bonds is 1. The first kappa shape index (κ1) is 13.1. The van der Waals surface area contributed by atoms with Crippen LogP contribution < -0.4 is 0 Å². The molecule has 2 aliphatic rings. The van der Waals surface area contributed by atoms with Crippen molar-refractivity contribution in [2.24, 2.45) is 23.2 Å². The second-order valence-corrected chi connectivity index (χ2v) is 6.05. The van der Waals surface area contributed by atoms with Gasteiger partial charge in [-0.15, -0.1) is 0 Å². The number of hydrogen-bond donors (Lipinski definition) is 0. The first-order chi connectivity index (χ1) is 8.42.